The Morgan fingerprint density at radius 1 is 1.19 bits per heavy atom. The Morgan fingerprint density at radius 3 is 2.44 bits per heavy atom. The number of halogens is 3. The van der Waals surface area contributed by atoms with Crippen molar-refractivity contribution < 1.29 is 8.78 Å². The summed E-state index contributed by atoms with van der Waals surface area (Å²) in [7, 11) is 0. The average molecular weight is 290 g/mol. The fraction of sp³-hybridized carbons (Fsp3) is 0.500. The van der Waals surface area contributed by atoms with Gasteiger partial charge >= 0.3 is 0 Å². The molecule has 1 saturated heterocycles. The summed E-state index contributed by atoms with van der Waals surface area (Å²) in [6.45, 7) is 3.80. The molecule has 1 aliphatic rings. The molecular formula is C12H14BrF2N. The first kappa shape index (κ1) is 11.8. The largest absolute Gasteiger partial charge is 0.369 e. The molecule has 1 nitrogen and oxygen atoms in total. The molecular weight excluding hydrogens is 276 g/mol. The molecule has 0 unspecified atom stereocenters. The van der Waals surface area contributed by atoms with E-state index in [1.165, 1.54) is 0 Å². The maximum Gasteiger partial charge on any atom is 0.183 e. The fourth-order valence-electron chi connectivity index (χ4n) is 2.01. The van der Waals surface area contributed by atoms with E-state index in [-0.39, 0.29) is 4.47 Å². The van der Waals surface area contributed by atoms with Crippen LogP contribution in [0.5, 0.6) is 0 Å². The second kappa shape index (κ2) is 4.70. The number of benzene rings is 1. The Bertz CT molecular complexity index is 387. The van der Waals surface area contributed by atoms with Gasteiger partial charge in [-0.05, 0) is 46.8 Å². The van der Waals surface area contributed by atoms with Crippen molar-refractivity contribution >= 4 is 21.6 Å². The normalized spacial score (nSPS) is 17.9. The van der Waals surface area contributed by atoms with Crippen LogP contribution in [0.4, 0.5) is 14.5 Å². The van der Waals surface area contributed by atoms with E-state index in [2.05, 4.69) is 22.9 Å². The molecule has 0 radical (unpaired) electrons. The summed E-state index contributed by atoms with van der Waals surface area (Å²) in [4.78, 5) is 1.92. The highest BCUT2D eigenvalue weighted by atomic mass is 79.9. The highest BCUT2D eigenvalue weighted by Gasteiger charge is 2.21. The lowest BCUT2D eigenvalue weighted by molar-refractivity contribution is 0.430. The van der Waals surface area contributed by atoms with Gasteiger partial charge in [0.05, 0.1) is 10.2 Å². The molecule has 1 heterocycles. The minimum Gasteiger partial charge on any atom is -0.369 e. The predicted octanol–water partition coefficient (Wildman–Crippen LogP) is 3.96. The van der Waals surface area contributed by atoms with Crippen LogP contribution in [0.1, 0.15) is 19.8 Å². The highest BCUT2D eigenvalue weighted by Crippen LogP contribution is 2.29. The van der Waals surface area contributed by atoms with E-state index in [0.717, 1.165) is 25.9 Å². The van der Waals surface area contributed by atoms with Gasteiger partial charge in [-0.25, -0.2) is 8.78 Å². The molecule has 2 rings (SSSR count). The van der Waals surface area contributed by atoms with Crippen LogP contribution in [0.15, 0.2) is 16.6 Å². The van der Waals surface area contributed by atoms with Crippen molar-refractivity contribution in [2.75, 3.05) is 18.0 Å². The van der Waals surface area contributed by atoms with Crippen LogP contribution in [-0.4, -0.2) is 13.1 Å². The molecule has 1 aromatic rings. The molecule has 0 N–H and O–H groups in total. The fourth-order valence-corrected chi connectivity index (χ4v) is 2.32. The molecule has 1 aromatic carbocycles. The number of hydrogen-bond donors (Lipinski definition) is 0. The van der Waals surface area contributed by atoms with Crippen LogP contribution in [0.2, 0.25) is 0 Å². The van der Waals surface area contributed by atoms with E-state index in [0.29, 0.717) is 11.6 Å². The van der Waals surface area contributed by atoms with Crippen LogP contribution >= 0.6 is 15.9 Å². The van der Waals surface area contributed by atoms with Crippen LogP contribution in [0.25, 0.3) is 0 Å². The van der Waals surface area contributed by atoms with Crippen molar-refractivity contribution in [1.82, 2.24) is 0 Å². The van der Waals surface area contributed by atoms with E-state index < -0.39 is 11.6 Å². The third-order valence-corrected chi connectivity index (χ3v) is 3.75. The van der Waals surface area contributed by atoms with Crippen LogP contribution in [0, 0.1) is 17.6 Å². The third kappa shape index (κ3) is 2.21. The summed E-state index contributed by atoms with van der Waals surface area (Å²) in [5.41, 5.74) is 0.382. The Kier molecular flexibility index (Phi) is 3.47. The molecule has 0 amide bonds. The Balaban J connectivity index is 2.24. The van der Waals surface area contributed by atoms with Crippen LogP contribution < -0.4 is 4.90 Å². The zero-order valence-corrected chi connectivity index (χ0v) is 10.7. The maximum atomic E-state index is 13.7. The van der Waals surface area contributed by atoms with Gasteiger partial charge in [-0.15, -0.1) is 0 Å². The van der Waals surface area contributed by atoms with Gasteiger partial charge < -0.3 is 4.90 Å². The Hall–Kier alpha value is -0.640. The van der Waals surface area contributed by atoms with Gasteiger partial charge in [0.15, 0.2) is 11.6 Å². The van der Waals surface area contributed by atoms with Crippen LogP contribution in [-0.2, 0) is 0 Å². The molecule has 0 aromatic heterocycles. The first-order valence-corrected chi connectivity index (χ1v) is 6.27. The monoisotopic (exact) mass is 289 g/mol. The topological polar surface area (TPSA) is 3.24 Å². The number of piperidine rings is 1. The van der Waals surface area contributed by atoms with Gasteiger partial charge in [-0.3, -0.25) is 0 Å². The number of nitrogens with zero attached hydrogens (tertiary/aromatic N) is 1. The van der Waals surface area contributed by atoms with Crippen LogP contribution in [0.3, 0.4) is 0 Å². The molecule has 0 saturated carbocycles. The predicted molar refractivity (Wildman–Crippen MR) is 64.7 cm³/mol. The van der Waals surface area contributed by atoms with Crippen molar-refractivity contribution in [1.29, 1.82) is 0 Å². The molecule has 4 heteroatoms. The van der Waals surface area contributed by atoms with Crippen molar-refractivity contribution in [3.8, 4) is 0 Å². The molecule has 0 aliphatic carbocycles. The lowest BCUT2D eigenvalue weighted by Crippen LogP contribution is -2.33. The molecule has 1 fully saturated rings. The summed E-state index contributed by atoms with van der Waals surface area (Å²) >= 11 is 2.98. The Labute approximate surface area is 103 Å². The van der Waals surface area contributed by atoms with Gasteiger partial charge in [0, 0.05) is 13.1 Å². The van der Waals surface area contributed by atoms with Gasteiger partial charge in [-0.1, -0.05) is 6.92 Å². The lowest BCUT2D eigenvalue weighted by Gasteiger charge is -2.32. The molecule has 0 atom stereocenters. The summed E-state index contributed by atoms with van der Waals surface area (Å²) in [5, 5.41) is 0. The van der Waals surface area contributed by atoms with Gasteiger partial charge in [0.25, 0.3) is 0 Å². The van der Waals surface area contributed by atoms with Crippen molar-refractivity contribution in [2.24, 2.45) is 5.92 Å². The first-order valence-electron chi connectivity index (χ1n) is 5.48. The first-order chi connectivity index (χ1) is 7.59. The minimum atomic E-state index is -0.795. The second-order valence-corrected chi connectivity index (χ2v) is 5.22. The summed E-state index contributed by atoms with van der Waals surface area (Å²) < 4.78 is 27.3. The SMILES string of the molecule is CC1CCN(c2ccc(Br)c(F)c2F)CC1. The molecule has 16 heavy (non-hydrogen) atoms. The maximum absolute atomic E-state index is 13.7. The smallest absolute Gasteiger partial charge is 0.183 e. The van der Waals surface area contributed by atoms with E-state index in [4.69, 9.17) is 0 Å². The quantitative estimate of drug-likeness (QED) is 0.708. The number of rotatable bonds is 1. The third-order valence-electron chi connectivity index (χ3n) is 3.14. The Morgan fingerprint density at radius 2 is 1.81 bits per heavy atom. The van der Waals surface area contributed by atoms with E-state index in [1.807, 2.05) is 4.90 Å². The minimum absolute atomic E-state index is 0.180. The zero-order chi connectivity index (χ0) is 11.7. The summed E-state index contributed by atoms with van der Waals surface area (Å²) in [6.07, 6.45) is 2.08. The average Bonchev–Trinajstić information content (AvgIpc) is 2.28. The zero-order valence-electron chi connectivity index (χ0n) is 9.14. The van der Waals surface area contributed by atoms with Gasteiger partial charge in [0.2, 0.25) is 0 Å². The lowest BCUT2D eigenvalue weighted by atomic mass is 9.99. The standard InChI is InChI=1S/C12H14BrF2N/c1-8-4-6-16(7-5-8)10-3-2-9(13)11(14)12(10)15/h2-3,8H,4-7H2,1H3. The van der Waals surface area contributed by atoms with E-state index in [1.54, 1.807) is 12.1 Å². The van der Waals surface area contributed by atoms with Gasteiger partial charge in [-0.2, -0.15) is 0 Å². The van der Waals surface area contributed by atoms with E-state index in [9.17, 15) is 8.78 Å². The highest BCUT2D eigenvalue weighted by molar-refractivity contribution is 9.10. The summed E-state index contributed by atoms with van der Waals surface area (Å²) in [5.74, 6) is -0.861. The summed E-state index contributed by atoms with van der Waals surface area (Å²) in [6, 6.07) is 3.20. The molecule has 0 bridgehead atoms. The molecule has 0 spiro atoms. The molecule has 88 valence electrons. The molecule has 1 aliphatic heterocycles. The number of anilines is 1. The number of hydrogen-bond acceptors (Lipinski definition) is 1. The van der Waals surface area contributed by atoms with E-state index >= 15 is 0 Å². The second-order valence-electron chi connectivity index (χ2n) is 4.36. The van der Waals surface area contributed by atoms with Gasteiger partial charge in [0.1, 0.15) is 0 Å². The van der Waals surface area contributed by atoms with Crippen molar-refractivity contribution in [3.63, 3.8) is 0 Å². The van der Waals surface area contributed by atoms with Crippen molar-refractivity contribution in [2.45, 2.75) is 19.8 Å². The van der Waals surface area contributed by atoms with Crippen molar-refractivity contribution in [3.05, 3.63) is 28.2 Å².